The average molecular weight is 302 g/mol. The van der Waals surface area contributed by atoms with Crippen LogP contribution in [0.3, 0.4) is 0 Å². The maximum absolute atomic E-state index is 12.5. The highest BCUT2D eigenvalue weighted by Gasteiger charge is 2.20. The van der Waals surface area contributed by atoms with Gasteiger partial charge in [0, 0.05) is 37.3 Å². The molecule has 120 valence electrons. The van der Waals surface area contributed by atoms with Crippen molar-refractivity contribution in [3.8, 4) is 0 Å². The summed E-state index contributed by atoms with van der Waals surface area (Å²) in [7, 11) is 0. The van der Waals surface area contributed by atoms with Crippen molar-refractivity contribution in [2.45, 2.75) is 46.0 Å². The maximum atomic E-state index is 12.5. The summed E-state index contributed by atoms with van der Waals surface area (Å²) >= 11 is 0. The minimum atomic E-state index is 0.0764. The lowest BCUT2D eigenvalue weighted by Crippen LogP contribution is -2.35. The second-order valence-corrected chi connectivity index (χ2v) is 5.79. The summed E-state index contributed by atoms with van der Waals surface area (Å²) in [6.07, 6.45) is 4.77. The molecule has 1 aliphatic rings. The van der Waals surface area contributed by atoms with Gasteiger partial charge in [0.05, 0.1) is 0 Å². The lowest BCUT2D eigenvalue weighted by molar-refractivity contribution is -0.119. The number of hydrogen-bond donors (Lipinski definition) is 0. The zero-order valence-electron chi connectivity index (χ0n) is 13.7. The quantitative estimate of drug-likeness (QED) is 0.807. The van der Waals surface area contributed by atoms with E-state index in [1.54, 1.807) is 0 Å². The van der Waals surface area contributed by atoms with Crippen molar-refractivity contribution in [3.05, 3.63) is 29.8 Å². The van der Waals surface area contributed by atoms with Crippen LogP contribution in [0.1, 0.15) is 56.3 Å². The van der Waals surface area contributed by atoms with E-state index in [0.717, 1.165) is 51.0 Å². The van der Waals surface area contributed by atoms with Crippen molar-refractivity contribution in [2.24, 2.45) is 0 Å². The summed E-state index contributed by atoms with van der Waals surface area (Å²) in [5.74, 6) is 0.260. The number of carbonyl (C=O) groups is 2. The minimum Gasteiger partial charge on any atom is -0.339 e. The molecule has 0 unspecified atom stereocenters. The third-order valence-electron chi connectivity index (χ3n) is 4.20. The Morgan fingerprint density at radius 3 is 2.50 bits per heavy atom. The summed E-state index contributed by atoms with van der Waals surface area (Å²) < 4.78 is 0. The van der Waals surface area contributed by atoms with Gasteiger partial charge >= 0.3 is 0 Å². The predicted octanol–water partition coefficient (Wildman–Crippen LogP) is 3.47. The Balaban J connectivity index is 2.07. The SMILES string of the molecule is CCCCN(CC)C(=O)c1ccc(N2CCCCC2=O)cc1. The van der Waals surface area contributed by atoms with E-state index in [-0.39, 0.29) is 11.8 Å². The van der Waals surface area contributed by atoms with Gasteiger partial charge < -0.3 is 9.80 Å². The number of hydrogen-bond acceptors (Lipinski definition) is 2. The van der Waals surface area contributed by atoms with Crippen LogP contribution in [-0.2, 0) is 4.79 Å². The van der Waals surface area contributed by atoms with Gasteiger partial charge in [-0.05, 0) is 50.5 Å². The molecule has 4 heteroatoms. The van der Waals surface area contributed by atoms with Crippen molar-refractivity contribution in [3.63, 3.8) is 0 Å². The first-order valence-corrected chi connectivity index (χ1v) is 8.37. The number of unbranched alkanes of at least 4 members (excludes halogenated alkanes) is 1. The first-order chi connectivity index (χ1) is 10.7. The zero-order chi connectivity index (χ0) is 15.9. The van der Waals surface area contributed by atoms with Crippen molar-refractivity contribution in [2.75, 3.05) is 24.5 Å². The normalized spacial score (nSPS) is 15.0. The second-order valence-electron chi connectivity index (χ2n) is 5.79. The van der Waals surface area contributed by atoms with Crippen LogP contribution in [0.15, 0.2) is 24.3 Å². The molecule has 0 radical (unpaired) electrons. The van der Waals surface area contributed by atoms with Gasteiger partial charge in [0.1, 0.15) is 0 Å². The molecular weight excluding hydrogens is 276 g/mol. The summed E-state index contributed by atoms with van der Waals surface area (Å²) in [4.78, 5) is 28.1. The van der Waals surface area contributed by atoms with Crippen LogP contribution < -0.4 is 4.90 Å². The molecule has 1 heterocycles. The summed E-state index contributed by atoms with van der Waals surface area (Å²) in [5, 5.41) is 0. The van der Waals surface area contributed by atoms with Crippen LogP contribution >= 0.6 is 0 Å². The second kappa shape index (κ2) is 7.97. The van der Waals surface area contributed by atoms with Crippen LogP contribution in [0.2, 0.25) is 0 Å². The summed E-state index contributed by atoms with van der Waals surface area (Å²) in [6, 6.07) is 7.47. The fourth-order valence-electron chi connectivity index (χ4n) is 2.80. The Morgan fingerprint density at radius 2 is 1.91 bits per heavy atom. The van der Waals surface area contributed by atoms with E-state index in [1.165, 1.54) is 0 Å². The maximum Gasteiger partial charge on any atom is 0.253 e. The molecule has 1 aliphatic heterocycles. The topological polar surface area (TPSA) is 40.6 Å². The van der Waals surface area contributed by atoms with Crippen molar-refractivity contribution in [1.29, 1.82) is 0 Å². The van der Waals surface area contributed by atoms with Crippen LogP contribution in [0.5, 0.6) is 0 Å². The number of anilines is 1. The lowest BCUT2D eigenvalue weighted by atomic mass is 10.1. The first-order valence-electron chi connectivity index (χ1n) is 8.37. The van der Waals surface area contributed by atoms with Gasteiger partial charge in [-0.1, -0.05) is 13.3 Å². The van der Waals surface area contributed by atoms with Gasteiger partial charge in [-0.3, -0.25) is 9.59 Å². The van der Waals surface area contributed by atoms with E-state index in [4.69, 9.17) is 0 Å². The number of amides is 2. The van der Waals surface area contributed by atoms with E-state index >= 15 is 0 Å². The van der Waals surface area contributed by atoms with E-state index in [1.807, 2.05) is 41.0 Å². The number of rotatable bonds is 6. The molecule has 0 aromatic heterocycles. The molecule has 0 atom stereocenters. The molecule has 1 aromatic carbocycles. The van der Waals surface area contributed by atoms with E-state index in [9.17, 15) is 9.59 Å². The Kier molecular flexibility index (Phi) is 5.99. The molecule has 0 bridgehead atoms. The van der Waals surface area contributed by atoms with Gasteiger partial charge in [-0.25, -0.2) is 0 Å². The van der Waals surface area contributed by atoms with Gasteiger partial charge in [0.15, 0.2) is 0 Å². The zero-order valence-corrected chi connectivity index (χ0v) is 13.7. The van der Waals surface area contributed by atoms with Crippen LogP contribution in [0, 0.1) is 0 Å². The first kappa shape index (κ1) is 16.5. The van der Waals surface area contributed by atoms with Crippen molar-refractivity contribution >= 4 is 17.5 Å². The summed E-state index contributed by atoms with van der Waals surface area (Å²) in [6.45, 7) is 6.45. The van der Waals surface area contributed by atoms with E-state index in [2.05, 4.69) is 6.92 Å². The van der Waals surface area contributed by atoms with Crippen LogP contribution in [0.25, 0.3) is 0 Å². The minimum absolute atomic E-state index is 0.0764. The number of benzene rings is 1. The highest BCUT2D eigenvalue weighted by atomic mass is 16.2. The highest BCUT2D eigenvalue weighted by Crippen LogP contribution is 2.21. The van der Waals surface area contributed by atoms with Crippen LogP contribution in [0.4, 0.5) is 5.69 Å². The van der Waals surface area contributed by atoms with Gasteiger partial charge in [-0.2, -0.15) is 0 Å². The van der Waals surface area contributed by atoms with Crippen LogP contribution in [-0.4, -0.2) is 36.3 Å². The average Bonchev–Trinajstić information content (AvgIpc) is 2.56. The number of carbonyl (C=O) groups excluding carboxylic acids is 2. The van der Waals surface area contributed by atoms with Gasteiger partial charge in [0.25, 0.3) is 5.91 Å². The largest absolute Gasteiger partial charge is 0.339 e. The summed E-state index contributed by atoms with van der Waals surface area (Å²) in [5.41, 5.74) is 1.60. The van der Waals surface area contributed by atoms with Crippen molar-refractivity contribution in [1.82, 2.24) is 4.90 Å². The fourth-order valence-corrected chi connectivity index (χ4v) is 2.80. The predicted molar refractivity (Wildman–Crippen MR) is 89.1 cm³/mol. The van der Waals surface area contributed by atoms with E-state index in [0.29, 0.717) is 12.0 Å². The number of piperidine rings is 1. The molecule has 1 saturated heterocycles. The van der Waals surface area contributed by atoms with Crippen molar-refractivity contribution < 1.29 is 9.59 Å². The molecule has 0 saturated carbocycles. The molecule has 22 heavy (non-hydrogen) atoms. The number of nitrogens with zero attached hydrogens (tertiary/aromatic N) is 2. The lowest BCUT2D eigenvalue weighted by Gasteiger charge is -2.27. The molecule has 0 aliphatic carbocycles. The molecule has 1 aromatic rings. The third kappa shape index (κ3) is 3.87. The molecule has 2 rings (SSSR count). The Labute approximate surface area is 133 Å². The highest BCUT2D eigenvalue weighted by molar-refractivity contribution is 5.97. The molecule has 2 amide bonds. The molecule has 4 nitrogen and oxygen atoms in total. The van der Waals surface area contributed by atoms with Gasteiger partial charge in [0.2, 0.25) is 5.91 Å². The Bertz CT molecular complexity index is 510. The van der Waals surface area contributed by atoms with E-state index < -0.39 is 0 Å². The molecule has 0 N–H and O–H groups in total. The standard InChI is InChI=1S/C18H26N2O2/c1-3-5-13-19(4-2)18(22)15-9-11-16(12-10-15)20-14-7-6-8-17(20)21/h9-12H,3-8,13-14H2,1-2H3. The molecular formula is C18H26N2O2. The van der Waals surface area contributed by atoms with Gasteiger partial charge in [-0.15, -0.1) is 0 Å². The molecule has 1 fully saturated rings. The third-order valence-corrected chi connectivity index (χ3v) is 4.20. The monoisotopic (exact) mass is 302 g/mol. The smallest absolute Gasteiger partial charge is 0.253 e. The molecule has 0 spiro atoms. The Hall–Kier alpha value is -1.84. The Morgan fingerprint density at radius 1 is 1.18 bits per heavy atom. The fraction of sp³-hybridized carbons (Fsp3) is 0.556.